The van der Waals surface area contributed by atoms with Crippen LogP contribution in [-0.2, 0) is 4.79 Å². The maximum absolute atomic E-state index is 11.1. The number of carboxylic acids is 1. The predicted molar refractivity (Wildman–Crippen MR) is 117 cm³/mol. The lowest BCUT2D eigenvalue weighted by Crippen LogP contribution is -2.41. The standard InChI is InChI=1S/C25H42N2O2/c26-21-7-4-8-22(16-21)27-17-20(12-9-18-5-2-1-3-6-18)23-15-19(10-13-24(23)27)11-14-25(28)29/h13,18-23H,1-12,14-17,26H2,(H,28,29). The van der Waals surface area contributed by atoms with E-state index in [0.717, 1.165) is 31.1 Å². The number of carbonyl (C=O) groups is 1. The molecule has 5 atom stereocenters. The highest BCUT2D eigenvalue weighted by molar-refractivity contribution is 5.66. The summed E-state index contributed by atoms with van der Waals surface area (Å²) in [5.41, 5.74) is 7.95. The summed E-state index contributed by atoms with van der Waals surface area (Å²) in [5, 5.41) is 9.11. The van der Waals surface area contributed by atoms with Gasteiger partial charge in [0.15, 0.2) is 0 Å². The number of hydrogen-bond acceptors (Lipinski definition) is 3. The van der Waals surface area contributed by atoms with Gasteiger partial charge in [-0.15, -0.1) is 0 Å². The Morgan fingerprint density at radius 1 is 1.00 bits per heavy atom. The van der Waals surface area contributed by atoms with Gasteiger partial charge in [0.25, 0.3) is 0 Å². The Morgan fingerprint density at radius 3 is 2.59 bits per heavy atom. The SMILES string of the molecule is NC1CCCC(N2CC(CCC3CCCCC3)C3CC(CCC(=O)O)CC=C32)C1. The van der Waals surface area contributed by atoms with Crippen molar-refractivity contribution in [2.24, 2.45) is 29.4 Å². The molecule has 0 spiro atoms. The van der Waals surface area contributed by atoms with Crippen molar-refractivity contribution in [2.45, 2.75) is 108 Å². The Labute approximate surface area is 177 Å². The molecule has 0 aromatic heterocycles. The van der Waals surface area contributed by atoms with Gasteiger partial charge in [-0.25, -0.2) is 0 Å². The van der Waals surface area contributed by atoms with E-state index in [1.165, 1.54) is 77.2 Å². The van der Waals surface area contributed by atoms with Crippen molar-refractivity contribution in [1.29, 1.82) is 0 Å². The minimum Gasteiger partial charge on any atom is -0.481 e. The first-order chi connectivity index (χ1) is 14.1. The largest absolute Gasteiger partial charge is 0.481 e. The Hall–Kier alpha value is -1.03. The second kappa shape index (κ2) is 9.85. The van der Waals surface area contributed by atoms with Gasteiger partial charge in [0.2, 0.25) is 0 Å². The third kappa shape index (κ3) is 5.37. The topological polar surface area (TPSA) is 66.6 Å². The predicted octanol–water partition coefficient (Wildman–Crippen LogP) is 5.32. The number of nitrogens with zero attached hydrogens (tertiary/aromatic N) is 1. The molecular weight excluding hydrogens is 360 g/mol. The number of hydrogen-bond donors (Lipinski definition) is 2. The molecule has 29 heavy (non-hydrogen) atoms. The van der Waals surface area contributed by atoms with E-state index in [1.807, 2.05) is 0 Å². The molecule has 3 N–H and O–H groups in total. The number of aliphatic carboxylic acids is 1. The molecule has 1 aliphatic heterocycles. The highest BCUT2D eigenvalue weighted by atomic mass is 16.4. The summed E-state index contributed by atoms with van der Waals surface area (Å²) in [6, 6.07) is 1.02. The average Bonchev–Trinajstić information content (AvgIpc) is 3.09. The highest BCUT2D eigenvalue weighted by Gasteiger charge is 2.42. The van der Waals surface area contributed by atoms with Crippen LogP contribution in [0.1, 0.15) is 96.3 Å². The normalized spacial score (nSPS) is 36.0. The molecule has 164 valence electrons. The zero-order valence-electron chi connectivity index (χ0n) is 18.2. The molecule has 1 saturated heterocycles. The number of nitrogens with two attached hydrogens (primary N) is 1. The van der Waals surface area contributed by atoms with E-state index in [1.54, 1.807) is 5.70 Å². The maximum atomic E-state index is 11.1. The molecule has 4 nitrogen and oxygen atoms in total. The van der Waals surface area contributed by atoms with Crippen LogP contribution in [0.5, 0.6) is 0 Å². The van der Waals surface area contributed by atoms with E-state index in [2.05, 4.69) is 11.0 Å². The van der Waals surface area contributed by atoms with E-state index in [-0.39, 0.29) is 0 Å². The maximum Gasteiger partial charge on any atom is 0.303 e. The number of rotatable bonds is 7. The van der Waals surface area contributed by atoms with E-state index >= 15 is 0 Å². The molecule has 0 aromatic carbocycles. The molecule has 3 fully saturated rings. The molecule has 0 aromatic rings. The molecule has 1 heterocycles. The first-order valence-electron chi connectivity index (χ1n) is 12.5. The Morgan fingerprint density at radius 2 is 1.83 bits per heavy atom. The summed E-state index contributed by atoms with van der Waals surface area (Å²) in [6.45, 7) is 1.23. The molecule has 4 rings (SSSR count). The smallest absolute Gasteiger partial charge is 0.303 e. The van der Waals surface area contributed by atoms with Crippen LogP contribution in [0.25, 0.3) is 0 Å². The molecule has 0 amide bonds. The fraction of sp³-hybridized carbons (Fsp3) is 0.880. The van der Waals surface area contributed by atoms with Crippen LogP contribution in [0, 0.1) is 23.7 Å². The minimum absolute atomic E-state index is 0.328. The first kappa shape index (κ1) is 21.2. The van der Waals surface area contributed by atoms with Crippen molar-refractivity contribution in [1.82, 2.24) is 4.90 Å². The molecule has 2 saturated carbocycles. The van der Waals surface area contributed by atoms with E-state index in [9.17, 15) is 4.79 Å². The van der Waals surface area contributed by atoms with Gasteiger partial charge in [-0.1, -0.05) is 44.6 Å². The fourth-order valence-corrected chi connectivity index (χ4v) is 6.89. The van der Waals surface area contributed by atoms with Gasteiger partial charge in [0.05, 0.1) is 0 Å². The number of carboxylic acid groups (broad SMARTS) is 1. The number of likely N-dealkylation sites (tertiary alicyclic amines) is 1. The molecule has 4 heteroatoms. The Bertz CT molecular complexity index is 583. The Kier molecular flexibility index (Phi) is 7.21. The molecule has 5 unspecified atom stereocenters. The minimum atomic E-state index is -0.641. The van der Waals surface area contributed by atoms with Gasteiger partial charge >= 0.3 is 5.97 Å². The second-order valence-electron chi connectivity index (χ2n) is 10.6. The van der Waals surface area contributed by atoms with Crippen LogP contribution in [0.15, 0.2) is 11.8 Å². The van der Waals surface area contributed by atoms with Gasteiger partial charge in [0, 0.05) is 36.7 Å². The molecule has 4 aliphatic rings. The van der Waals surface area contributed by atoms with E-state index < -0.39 is 5.97 Å². The lowest BCUT2D eigenvalue weighted by Gasteiger charge is -2.38. The van der Waals surface area contributed by atoms with Crippen LogP contribution in [0.4, 0.5) is 0 Å². The monoisotopic (exact) mass is 402 g/mol. The van der Waals surface area contributed by atoms with Crippen molar-refractivity contribution in [2.75, 3.05) is 6.54 Å². The van der Waals surface area contributed by atoms with Gasteiger partial charge < -0.3 is 15.7 Å². The molecule has 3 aliphatic carbocycles. The van der Waals surface area contributed by atoms with Gasteiger partial charge in [-0.3, -0.25) is 4.79 Å². The summed E-state index contributed by atoms with van der Waals surface area (Å²) in [7, 11) is 0. The lowest BCUT2D eigenvalue weighted by molar-refractivity contribution is -0.137. The molecule has 0 radical (unpaired) electrons. The lowest BCUT2D eigenvalue weighted by atomic mass is 9.75. The fourth-order valence-electron chi connectivity index (χ4n) is 6.89. The second-order valence-corrected chi connectivity index (χ2v) is 10.6. The van der Waals surface area contributed by atoms with Crippen molar-refractivity contribution in [3.8, 4) is 0 Å². The summed E-state index contributed by atoms with van der Waals surface area (Å²) >= 11 is 0. The van der Waals surface area contributed by atoms with Crippen LogP contribution in [0.3, 0.4) is 0 Å². The summed E-state index contributed by atoms with van der Waals surface area (Å²) in [6.07, 6.45) is 20.9. The zero-order valence-corrected chi connectivity index (χ0v) is 18.2. The number of allylic oxidation sites excluding steroid dienone is 2. The molecular formula is C25H42N2O2. The van der Waals surface area contributed by atoms with Crippen molar-refractivity contribution in [3.05, 3.63) is 11.8 Å². The van der Waals surface area contributed by atoms with E-state index in [0.29, 0.717) is 30.3 Å². The van der Waals surface area contributed by atoms with Crippen molar-refractivity contribution in [3.63, 3.8) is 0 Å². The zero-order chi connectivity index (χ0) is 20.2. The highest BCUT2D eigenvalue weighted by Crippen LogP contribution is 2.47. The van der Waals surface area contributed by atoms with Crippen molar-refractivity contribution >= 4 is 5.97 Å². The van der Waals surface area contributed by atoms with Crippen molar-refractivity contribution < 1.29 is 9.90 Å². The quantitative estimate of drug-likeness (QED) is 0.604. The van der Waals surface area contributed by atoms with Gasteiger partial charge in [-0.05, 0) is 69.1 Å². The first-order valence-corrected chi connectivity index (χ1v) is 12.5. The van der Waals surface area contributed by atoms with Crippen LogP contribution in [-0.4, -0.2) is 34.6 Å². The van der Waals surface area contributed by atoms with Gasteiger partial charge in [-0.2, -0.15) is 0 Å². The van der Waals surface area contributed by atoms with Crippen LogP contribution >= 0.6 is 0 Å². The van der Waals surface area contributed by atoms with Crippen LogP contribution in [0.2, 0.25) is 0 Å². The third-order valence-electron chi connectivity index (χ3n) is 8.52. The van der Waals surface area contributed by atoms with Crippen LogP contribution < -0.4 is 5.73 Å². The summed E-state index contributed by atoms with van der Waals surface area (Å²) in [5.74, 6) is 2.32. The average molecular weight is 403 g/mol. The summed E-state index contributed by atoms with van der Waals surface area (Å²) in [4.78, 5) is 13.8. The Balaban J connectivity index is 1.43. The summed E-state index contributed by atoms with van der Waals surface area (Å²) < 4.78 is 0. The van der Waals surface area contributed by atoms with E-state index in [4.69, 9.17) is 10.8 Å². The number of fused-ring (bicyclic) bond motifs is 1. The third-order valence-corrected chi connectivity index (χ3v) is 8.52. The molecule has 0 bridgehead atoms. The van der Waals surface area contributed by atoms with Gasteiger partial charge in [0.1, 0.15) is 0 Å².